The SMILES string of the molecule is CCOc1cc(C(NCCN(C)C)C(=O)O)ccc1OC. The van der Waals surface area contributed by atoms with Gasteiger partial charge in [-0.25, -0.2) is 0 Å². The largest absolute Gasteiger partial charge is 0.493 e. The zero-order valence-corrected chi connectivity index (χ0v) is 13.0. The average Bonchev–Trinajstić information content (AvgIpc) is 2.43. The van der Waals surface area contributed by atoms with E-state index in [0.717, 1.165) is 6.54 Å². The lowest BCUT2D eigenvalue weighted by molar-refractivity contribution is -0.139. The molecule has 0 heterocycles. The van der Waals surface area contributed by atoms with E-state index in [0.29, 0.717) is 30.2 Å². The molecule has 1 aromatic rings. The van der Waals surface area contributed by atoms with Crippen molar-refractivity contribution in [1.29, 1.82) is 0 Å². The van der Waals surface area contributed by atoms with Gasteiger partial charge >= 0.3 is 5.97 Å². The molecule has 21 heavy (non-hydrogen) atoms. The number of hydrogen-bond donors (Lipinski definition) is 2. The van der Waals surface area contributed by atoms with Crippen LogP contribution < -0.4 is 14.8 Å². The molecule has 0 bridgehead atoms. The van der Waals surface area contributed by atoms with Crippen molar-refractivity contribution in [2.45, 2.75) is 13.0 Å². The molecule has 0 spiro atoms. The van der Waals surface area contributed by atoms with Crippen LogP contribution in [0.15, 0.2) is 18.2 Å². The summed E-state index contributed by atoms with van der Waals surface area (Å²) in [5.41, 5.74) is 0.644. The monoisotopic (exact) mass is 296 g/mol. The minimum atomic E-state index is -0.915. The zero-order valence-electron chi connectivity index (χ0n) is 13.0. The number of carboxylic acid groups (broad SMARTS) is 1. The second kappa shape index (κ2) is 8.49. The van der Waals surface area contributed by atoms with E-state index >= 15 is 0 Å². The number of aliphatic carboxylic acids is 1. The molecule has 0 radical (unpaired) electrons. The quantitative estimate of drug-likeness (QED) is 0.717. The van der Waals surface area contributed by atoms with E-state index < -0.39 is 12.0 Å². The van der Waals surface area contributed by atoms with E-state index in [9.17, 15) is 9.90 Å². The Hall–Kier alpha value is -1.79. The molecule has 0 aromatic heterocycles. The van der Waals surface area contributed by atoms with Crippen molar-refractivity contribution in [3.63, 3.8) is 0 Å². The van der Waals surface area contributed by atoms with Crippen molar-refractivity contribution in [2.75, 3.05) is 40.9 Å². The van der Waals surface area contributed by atoms with Gasteiger partial charge in [-0.2, -0.15) is 0 Å². The Morgan fingerprint density at radius 3 is 2.62 bits per heavy atom. The zero-order chi connectivity index (χ0) is 15.8. The molecular weight excluding hydrogens is 272 g/mol. The number of likely N-dealkylation sites (N-methyl/N-ethyl adjacent to an activating group) is 1. The summed E-state index contributed by atoms with van der Waals surface area (Å²) < 4.78 is 10.7. The van der Waals surface area contributed by atoms with Crippen molar-refractivity contribution in [2.24, 2.45) is 0 Å². The summed E-state index contributed by atoms with van der Waals surface area (Å²) in [6.45, 7) is 3.71. The fourth-order valence-corrected chi connectivity index (χ4v) is 1.92. The van der Waals surface area contributed by atoms with Gasteiger partial charge in [0.1, 0.15) is 6.04 Å². The van der Waals surface area contributed by atoms with Crippen LogP contribution in [-0.2, 0) is 4.79 Å². The lowest BCUT2D eigenvalue weighted by atomic mass is 10.1. The lowest BCUT2D eigenvalue weighted by Crippen LogP contribution is -2.33. The average molecular weight is 296 g/mol. The topological polar surface area (TPSA) is 71.0 Å². The Morgan fingerprint density at radius 1 is 1.38 bits per heavy atom. The summed E-state index contributed by atoms with van der Waals surface area (Å²) in [7, 11) is 5.44. The highest BCUT2D eigenvalue weighted by atomic mass is 16.5. The predicted molar refractivity (Wildman–Crippen MR) is 81.1 cm³/mol. The molecular formula is C15H24N2O4. The summed E-state index contributed by atoms with van der Waals surface area (Å²) in [6.07, 6.45) is 0. The van der Waals surface area contributed by atoms with Crippen molar-refractivity contribution >= 4 is 5.97 Å². The normalized spacial score (nSPS) is 12.2. The van der Waals surface area contributed by atoms with Gasteiger partial charge in [-0.1, -0.05) is 6.07 Å². The van der Waals surface area contributed by atoms with Crippen LogP contribution in [0, 0.1) is 0 Å². The summed E-state index contributed by atoms with van der Waals surface area (Å²) in [6, 6.07) is 4.41. The smallest absolute Gasteiger partial charge is 0.325 e. The Morgan fingerprint density at radius 2 is 2.10 bits per heavy atom. The third-order valence-electron chi connectivity index (χ3n) is 2.98. The summed E-state index contributed by atoms with van der Waals surface area (Å²) in [5.74, 6) is 0.234. The molecule has 0 saturated heterocycles. The molecule has 0 aliphatic heterocycles. The number of nitrogens with one attached hydrogen (secondary N) is 1. The molecule has 0 saturated carbocycles. The van der Waals surface area contributed by atoms with Crippen molar-refractivity contribution in [1.82, 2.24) is 10.2 Å². The second-order valence-electron chi connectivity index (χ2n) is 4.87. The molecule has 1 atom stereocenters. The van der Waals surface area contributed by atoms with E-state index in [1.165, 1.54) is 0 Å². The first-order valence-electron chi connectivity index (χ1n) is 6.91. The fraction of sp³-hybridized carbons (Fsp3) is 0.533. The van der Waals surface area contributed by atoms with Crippen LogP contribution in [0.3, 0.4) is 0 Å². The Kier molecular flexibility index (Phi) is 6.98. The molecule has 118 valence electrons. The first-order valence-corrected chi connectivity index (χ1v) is 6.91. The van der Waals surface area contributed by atoms with Crippen LogP contribution in [0.4, 0.5) is 0 Å². The van der Waals surface area contributed by atoms with Gasteiger partial charge in [0.25, 0.3) is 0 Å². The molecule has 1 aromatic carbocycles. The second-order valence-corrected chi connectivity index (χ2v) is 4.87. The molecule has 0 amide bonds. The van der Waals surface area contributed by atoms with Crippen molar-refractivity contribution in [3.8, 4) is 11.5 Å². The van der Waals surface area contributed by atoms with Gasteiger partial charge in [0, 0.05) is 13.1 Å². The van der Waals surface area contributed by atoms with Gasteiger partial charge in [-0.15, -0.1) is 0 Å². The molecule has 0 fully saturated rings. The maximum atomic E-state index is 11.5. The number of ether oxygens (including phenoxy) is 2. The number of benzene rings is 1. The van der Waals surface area contributed by atoms with Crippen LogP contribution in [0.2, 0.25) is 0 Å². The summed E-state index contributed by atoms with van der Waals surface area (Å²) >= 11 is 0. The first-order chi connectivity index (χ1) is 9.99. The van der Waals surface area contributed by atoms with Crippen molar-refractivity contribution in [3.05, 3.63) is 23.8 Å². The van der Waals surface area contributed by atoms with Gasteiger partial charge in [-0.3, -0.25) is 10.1 Å². The van der Waals surface area contributed by atoms with Crippen LogP contribution in [-0.4, -0.2) is 56.9 Å². The van der Waals surface area contributed by atoms with E-state index in [4.69, 9.17) is 9.47 Å². The van der Waals surface area contributed by atoms with Crippen LogP contribution in [0.1, 0.15) is 18.5 Å². The summed E-state index contributed by atoms with van der Waals surface area (Å²) in [5, 5.41) is 12.4. The maximum absolute atomic E-state index is 11.5. The van der Waals surface area contributed by atoms with Crippen LogP contribution in [0.5, 0.6) is 11.5 Å². The third-order valence-corrected chi connectivity index (χ3v) is 2.98. The van der Waals surface area contributed by atoms with E-state index in [1.807, 2.05) is 25.9 Å². The summed E-state index contributed by atoms with van der Waals surface area (Å²) in [4.78, 5) is 13.4. The Labute approximate surface area is 125 Å². The van der Waals surface area contributed by atoms with Crippen LogP contribution in [0.25, 0.3) is 0 Å². The highest BCUT2D eigenvalue weighted by molar-refractivity contribution is 5.76. The predicted octanol–water partition coefficient (Wildman–Crippen LogP) is 1.37. The molecule has 1 rings (SSSR count). The van der Waals surface area contributed by atoms with Gasteiger partial charge in [0.2, 0.25) is 0 Å². The van der Waals surface area contributed by atoms with Gasteiger partial charge in [-0.05, 0) is 38.7 Å². The molecule has 1 unspecified atom stereocenters. The number of nitrogens with zero attached hydrogens (tertiary/aromatic N) is 1. The van der Waals surface area contributed by atoms with E-state index in [-0.39, 0.29) is 0 Å². The minimum absolute atomic E-state index is 0.492. The third kappa shape index (κ3) is 5.24. The fourth-order valence-electron chi connectivity index (χ4n) is 1.92. The number of carboxylic acids is 1. The number of rotatable bonds is 9. The van der Waals surface area contributed by atoms with E-state index in [2.05, 4.69) is 5.32 Å². The number of methoxy groups -OCH3 is 1. The number of hydrogen-bond acceptors (Lipinski definition) is 5. The maximum Gasteiger partial charge on any atom is 0.325 e. The highest BCUT2D eigenvalue weighted by Crippen LogP contribution is 2.30. The van der Waals surface area contributed by atoms with E-state index in [1.54, 1.807) is 25.3 Å². The molecule has 6 heteroatoms. The molecule has 2 N–H and O–H groups in total. The highest BCUT2D eigenvalue weighted by Gasteiger charge is 2.20. The Bertz CT molecular complexity index is 463. The molecule has 0 aliphatic carbocycles. The van der Waals surface area contributed by atoms with Gasteiger partial charge in [0.05, 0.1) is 13.7 Å². The number of carbonyl (C=O) groups is 1. The van der Waals surface area contributed by atoms with Crippen LogP contribution >= 0.6 is 0 Å². The first kappa shape index (κ1) is 17.3. The molecule has 0 aliphatic rings. The lowest BCUT2D eigenvalue weighted by Gasteiger charge is -2.18. The standard InChI is InChI=1S/C15H24N2O4/c1-5-21-13-10-11(6-7-12(13)20-4)14(15(18)19)16-8-9-17(2)3/h6-7,10,14,16H,5,8-9H2,1-4H3,(H,18,19). The minimum Gasteiger partial charge on any atom is -0.493 e. The Balaban J connectivity index is 2.91. The van der Waals surface area contributed by atoms with Gasteiger partial charge < -0.3 is 19.5 Å². The van der Waals surface area contributed by atoms with Gasteiger partial charge in [0.15, 0.2) is 11.5 Å². The molecule has 6 nitrogen and oxygen atoms in total. The van der Waals surface area contributed by atoms with Crippen molar-refractivity contribution < 1.29 is 19.4 Å².